The van der Waals surface area contributed by atoms with Gasteiger partial charge in [0, 0.05) is 11.8 Å². The number of hydrogen-bond acceptors (Lipinski definition) is 7. The van der Waals surface area contributed by atoms with E-state index in [1.165, 1.54) is 21.8 Å². The highest BCUT2D eigenvalue weighted by Crippen LogP contribution is 2.39. The summed E-state index contributed by atoms with van der Waals surface area (Å²) in [6.07, 6.45) is 2.17. The molecule has 0 unspecified atom stereocenters. The molecule has 2 aromatic heterocycles. The summed E-state index contributed by atoms with van der Waals surface area (Å²) in [4.78, 5) is 26.9. The second-order valence-corrected chi connectivity index (χ2v) is 7.35. The first-order valence-electron chi connectivity index (χ1n) is 10.5. The highest BCUT2D eigenvalue weighted by atomic mass is 16.6. The fraction of sp³-hybridized carbons (Fsp3) is 0.120. The van der Waals surface area contributed by atoms with Crippen molar-refractivity contribution in [3.05, 3.63) is 83.7 Å². The summed E-state index contributed by atoms with van der Waals surface area (Å²) in [5, 5.41) is 14.0. The number of para-hydroxylation sites is 1. The van der Waals surface area contributed by atoms with Crippen molar-refractivity contribution < 1.29 is 23.8 Å². The van der Waals surface area contributed by atoms with Gasteiger partial charge in [0.05, 0.1) is 40.8 Å². The Balaban J connectivity index is 1.62. The molecule has 0 atom stereocenters. The number of amides is 1. The average Bonchev–Trinajstić information content (AvgIpc) is 3.16. The first kappa shape index (κ1) is 21.0. The van der Waals surface area contributed by atoms with Crippen molar-refractivity contribution in [2.45, 2.75) is 13.5 Å². The lowest BCUT2D eigenvalue weighted by atomic mass is 10.1. The van der Waals surface area contributed by atoms with Crippen LogP contribution in [0.15, 0.2) is 67.0 Å². The summed E-state index contributed by atoms with van der Waals surface area (Å²) in [5.41, 5.74) is 1.98. The number of carbonyl (C=O) groups excluding carboxylic acids is 2. The predicted octanol–water partition coefficient (Wildman–Crippen LogP) is 4.96. The van der Waals surface area contributed by atoms with Gasteiger partial charge in [-0.15, -0.1) is 0 Å². The number of nitriles is 1. The van der Waals surface area contributed by atoms with Gasteiger partial charge in [-0.2, -0.15) is 10.4 Å². The molecule has 0 spiro atoms. The molecular weight excluding hydrogens is 436 g/mol. The number of hydrogen-bond donors (Lipinski definition) is 0. The monoisotopic (exact) mass is 454 g/mol. The Morgan fingerprint density at radius 2 is 1.88 bits per heavy atom. The van der Waals surface area contributed by atoms with Crippen LogP contribution in [0, 0.1) is 11.3 Å². The van der Waals surface area contributed by atoms with Crippen LogP contribution in [0.5, 0.6) is 11.5 Å². The largest absolute Gasteiger partial charge is 0.462 e. The molecule has 0 fully saturated rings. The van der Waals surface area contributed by atoms with Gasteiger partial charge < -0.3 is 14.2 Å². The Bertz CT molecular complexity index is 1440. The molecule has 0 radical (unpaired) electrons. The number of benzene rings is 2. The minimum Gasteiger partial charge on any atom is -0.462 e. The summed E-state index contributed by atoms with van der Waals surface area (Å²) in [5.74, 6) is 0.697. The van der Waals surface area contributed by atoms with Crippen LogP contribution in [0.2, 0.25) is 0 Å². The molecule has 0 saturated carbocycles. The summed E-state index contributed by atoms with van der Waals surface area (Å²) in [6.45, 7) is 1.73. The molecule has 1 aliphatic rings. The molecular formula is C25H18N4O5. The van der Waals surface area contributed by atoms with Crippen LogP contribution >= 0.6 is 0 Å². The number of carbonyl (C=O) groups is 2. The second kappa shape index (κ2) is 8.60. The fourth-order valence-corrected chi connectivity index (χ4v) is 3.83. The van der Waals surface area contributed by atoms with Gasteiger partial charge in [-0.05, 0) is 43.3 Å². The van der Waals surface area contributed by atoms with Crippen LogP contribution in [-0.4, -0.2) is 28.3 Å². The second-order valence-electron chi connectivity index (χ2n) is 7.35. The number of ether oxygens (including phenoxy) is 3. The van der Waals surface area contributed by atoms with Gasteiger partial charge in [0.15, 0.2) is 0 Å². The quantitative estimate of drug-likeness (QED) is 0.392. The summed E-state index contributed by atoms with van der Waals surface area (Å²) >= 11 is 0. The highest BCUT2D eigenvalue weighted by molar-refractivity contribution is 6.06. The summed E-state index contributed by atoms with van der Waals surface area (Å²) in [6, 6.07) is 18.2. The van der Waals surface area contributed by atoms with E-state index in [0.717, 1.165) is 0 Å². The van der Waals surface area contributed by atoms with Crippen molar-refractivity contribution >= 4 is 29.0 Å². The van der Waals surface area contributed by atoms with E-state index < -0.39 is 12.1 Å². The Morgan fingerprint density at radius 3 is 2.59 bits per heavy atom. The minimum absolute atomic E-state index is 0.158. The van der Waals surface area contributed by atoms with Crippen LogP contribution in [-0.2, 0) is 16.1 Å². The maximum absolute atomic E-state index is 13.1. The molecule has 9 nitrogen and oxygen atoms in total. The van der Waals surface area contributed by atoms with Crippen LogP contribution in [0.25, 0.3) is 5.52 Å². The van der Waals surface area contributed by atoms with Crippen LogP contribution in [0.1, 0.15) is 28.4 Å². The van der Waals surface area contributed by atoms with Crippen LogP contribution in [0.4, 0.5) is 16.2 Å². The number of anilines is 2. The maximum atomic E-state index is 13.1. The van der Waals surface area contributed by atoms with E-state index >= 15 is 0 Å². The molecule has 2 aromatic carbocycles. The molecule has 0 aliphatic carbocycles. The van der Waals surface area contributed by atoms with Gasteiger partial charge >= 0.3 is 12.1 Å². The number of cyclic esters (lactones) is 1. The summed E-state index contributed by atoms with van der Waals surface area (Å²) < 4.78 is 17.9. The van der Waals surface area contributed by atoms with Crippen molar-refractivity contribution in [3.8, 4) is 17.6 Å². The molecule has 3 heterocycles. The van der Waals surface area contributed by atoms with E-state index in [1.807, 2.05) is 30.3 Å². The zero-order valence-electron chi connectivity index (χ0n) is 18.1. The summed E-state index contributed by atoms with van der Waals surface area (Å²) in [7, 11) is 0. The molecule has 0 bridgehead atoms. The minimum atomic E-state index is -0.688. The Morgan fingerprint density at radius 1 is 1.15 bits per heavy atom. The van der Waals surface area contributed by atoms with Crippen molar-refractivity contribution in [1.82, 2.24) is 9.61 Å². The Labute approximate surface area is 194 Å². The number of esters is 1. The lowest BCUT2D eigenvalue weighted by Crippen LogP contribution is -2.26. The zero-order valence-corrected chi connectivity index (χ0v) is 18.1. The van der Waals surface area contributed by atoms with E-state index in [4.69, 9.17) is 14.2 Å². The zero-order chi connectivity index (χ0) is 23.7. The smallest absolute Gasteiger partial charge is 0.419 e. The van der Waals surface area contributed by atoms with E-state index in [9.17, 15) is 14.9 Å². The van der Waals surface area contributed by atoms with Crippen LogP contribution in [0.3, 0.4) is 0 Å². The third kappa shape index (κ3) is 3.57. The molecule has 5 rings (SSSR count). The Kier molecular flexibility index (Phi) is 5.32. The third-order valence-corrected chi connectivity index (χ3v) is 5.32. The van der Waals surface area contributed by atoms with Gasteiger partial charge in [-0.25, -0.2) is 19.0 Å². The predicted molar refractivity (Wildman–Crippen MR) is 121 cm³/mol. The van der Waals surface area contributed by atoms with Crippen molar-refractivity contribution in [3.63, 3.8) is 0 Å². The fourth-order valence-electron chi connectivity index (χ4n) is 3.83. The first-order valence-corrected chi connectivity index (χ1v) is 10.5. The average molecular weight is 454 g/mol. The van der Waals surface area contributed by atoms with Crippen LogP contribution < -0.4 is 9.64 Å². The van der Waals surface area contributed by atoms with Gasteiger partial charge in [0.1, 0.15) is 24.2 Å². The normalized spacial score (nSPS) is 12.6. The van der Waals surface area contributed by atoms with E-state index in [2.05, 4.69) is 11.2 Å². The van der Waals surface area contributed by atoms with Gasteiger partial charge in [0.2, 0.25) is 0 Å². The molecule has 1 amide bonds. The van der Waals surface area contributed by atoms with E-state index in [0.29, 0.717) is 28.3 Å². The van der Waals surface area contributed by atoms with E-state index in [1.54, 1.807) is 31.2 Å². The number of rotatable bonds is 5. The van der Waals surface area contributed by atoms with Crippen molar-refractivity contribution in [2.75, 3.05) is 11.5 Å². The third-order valence-electron chi connectivity index (χ3n) is 5.32. The molecule has 34 heavy (non-hydrogen) atoms. The molecule has 4 aromatic rings. The molecule has 0 N–H and O–H groups in total. The molecule has 1 aliphatic heterocycles. The molecule has 0 saturated heterocycles. The molecule has 9 heteroatoms. The van der Waals surface area contributed by atoms with Gasteiger partial charge in [-0.3, -0.25) is 0 Å². The standard InChI is InChI=1S/C25H18N4O5/c1-2-32-24(30)20-14-28-23-21(20)15-33-25(31)29(22(23)16(12-26)13-27-28)17-8-10-19(11-9-17)34-18-6-4-3-5-7-18/h3-11,13-14H,2,15H2,1H3. The first-order chi connectivity index (χ1) is 16.6. The van der Waals surface area contributed by atoms with Crippen molar-refractivity contribution in [1.29, 1.82) is 5.26 Å². The number of aromatic nitrogens is 2. The number of nitrogens with zero attached hydrogens (tertiary/aromatic N) is 4. The molecule has 168 valence electrons. The van der Waals surface area contributed by atoms with Gasteiger partial charge in [-0.1, -0.05) is 18.2 Å². The topological polar surface area (TPSA) is 106 Å². The SMILES string of the molecule is CCOC(=O)c1cn2ncc(C#N)c3c2c1COC(=O)N3c1ccc(Oc2ccccc2)cc1. The van der Waals surface area contributed by atoms with E-state index in [-0.39, 0.29) is 30.0 Å². The van der Waals surface area contributed by atoms with Gasteiger partial charge in [0.25, 0.3) is 0 Å². The lowest BCUT2D eigenvalue weighted by molar-refractivity contribution is 0.0522. The Hall–Kier alpha value is -4.84. The lowest BCUT2D eigenvalue weighted by Gasteiger charge is -2.22. The van der Waals surface area contributed by atoms with Crippen molar-refractivity contribution in [2.24, 2.45) is 0 Å². The maximum Gasteiger partial charge on any atom is 0.419 e. The highest BCUT2D eigenvalue weighted by Gasteiger charge is 2.33.